The first-order valence-corrected chi connectivity index (χ1v) is 8.75. The molecular formula is C18H15N5O2S. The number of benzene rings is 1. The van der Waals surface area contributed by atoms with Gasteiger partial charge in [-0.05, 0) is 36.8 Å². The highest BCUT2D eigenvalue weighted by atomic mass is 32.1. The van der Waals surface area contributed by atoms with E-state index in [1.165, 1.54) is 17.7 Å². The van der Waals surface area contributed by atoms with E-state index in [1.807, 2.05) is 37.3 Å². The van der Waals surface area contributed by atoms with Crippen LogP contribution in [0.1, 0.15) is 20.9 Å². The van der Waals surface area contributed by atoms with E-state index < -0.39 is 0 Å². The zero-order valence-corrected chi connectivity index (χ0v) is 14.7. The molecule has 0 aliphatic carbocycles. The molecule has 7 nitrogen and oxygen atoms in total. The third-order valence-corrected chi connectivity index (χ3v) is 4.75. The second-order valence-electron chi connectivity index (χ2n) is 5.65. The molecule has 26 heavy (non-hydrogen) atoms. The van der Waals surface area contributed by atoms with E-state index in [9.17, 15) is 4.79 Å². The number of furan rings is 1. The summed E-state index contributed by atoms with van der Waals surface area (Å²) in [7, 11) is 0. The molecule has 0 aliphatic heterocycles. The van der Waals surface area contributed by atoms with Gasteiger partial charge in [0.15, 0.2) is 10.8 Å². The van der Waals surface area contributed by atoms with Crippen molar-refractivity contribution in [3.63, 3.8) is 0 Å². The van der Waals surface area contributed by atoms with Crippen molar-refractivity contribution in [1.82, 2.24) is 19.7 Å². The van der Waals surface area contributed by atoms with Crippen LogP contribution in [0.15, 0.2) is 59.7 Å². The van der Waals surface area contributed by atoms with Crippen LogP contribution in [-0.2, 0) is 6.54 Å². The van der Waals surface area contributed by atoms with Crippen LogP contribution < -0.4 is 5.32 Å². The molecule has 0 spiro atoms. The highest BCUT2D eigenvalue weighted by Gasteiger charge is 2.17. The zero-order chi connectivity index (χ0) is 17.9. The second kappa shape index (κ2) is 6.93. The molecule has 130 valence electrons. The van der Waals surface area contributed by atoms with Crippen molar-refractivity contribution in [3.05, 3.63) is 71.5 Å². The van der Waals surface area contributed by atoms with Gasteiger partial charge in [-0.25, -0.2) is 14.6 Å². The molecule has 0 aliphatic rings. The van der Waals surface area contributed by atoms with Crippen molar-refractivity contribution in [1.29, 1.82) is 0 Å². The highest BCUT2D eigenvalue weighted by Crippen LogP contribution is 2.28. The van der Waals surface area contributed by atoms with Crippen LogP contribution in [0.3, 0.4) is 0 Å². The molecule has 4 rings (SSSR count). The standard InChI is InChI=1S/C18H15N5O2S/c1-12-16(22-18(26-12)15-3-2-8-25-15)17(24)21-14-6-4-13(5-7-14)9-23-11-19-10-20-23/h2-8,10-11H,9H2,1H3,(H,21,24). The molecular weight excluding hydrogens is 350 g/mol. The quantitative estimate of drug-likeness (QED) is 0.584. The maximum atomic E-state index is 12.5. The Morgan fingerprint density at radius 2 is 2.12 bits per heavy atom. The molecule has 1 N–H and O–H groups in total. The molecule has 1 amide bonds. The number of amides is 1. The first-order valence-electron chi connectivity index (χ1n) is 7.93. The largest absolute Gasteiger partial charge is 0.462 e. The van der Waals surface area contributed by atoms with E-state index in [1.54, 1.807) is 23.3 Å². The Balaban J connectivity index is 1.46. The van der Waals surface area contributed by atoms with Crippen LogP contribution in [0.4, 0.5) is 5.69 Å². The van der Waals surface area contributed by atoms with Gasteiger partial charge in [0, 0.05) is 10.6 Å². The molecule has 0 bridgehead atoms. The van der Waals surface area contributed by atoms with Crippen molar-refractivity contribution in [2.45, 2.75) is 13.5 Å². The molecule has 4 aromatic rings. The first-order chi connectivity index (χ1) is 12.7. The lowest BCUT2D eigenvalue weighted by Crippen LogP contribution is -2.13. The second-order valence-corrected chi connectivity index (χ2v) is 6.85. The maximum absolute atomic E-state index is 12.5. The monoisotopic (exact) mass is 365 g/mol. The number of hydrogen-bond donors (Lipinski definition) is 1. The van der Waals surface area contributed by atoms with Crippen LogP contribution in [-0.4, -0.2) is 25.7 Å². The van der Waals surface area contributed by atoms with E-state index in [0.717, 1.165) is 10.4 Å². The fourth-order valence-corrected chi connectivity index (χ4v) is 3.38. The Hall–Kier alpha value is -3.26. The fraction of sp³-hybridized carbons (Fsp3) is 0.111. The summed E-state index contributed by atoms with van der Waals surface area (Å²) in [5.41, 5.74) is 2.19. The lowest BCUT2D eigenvalue weighted by Gasteiger charge is -2.06. The Morgan fingerprint density at radius 1 is 1.27 bits per heavy atom. The molecule has 3 heterocycles. The molecule has 1 aromatic carbocycles. The minimum atomic E-state index is -0.236. The van der Waals surface area contributed by atoms with Crippen molar-refractivity contribution < 1.29 is 9.21 Å². The third-order valence-electron chi connectivity index (χ3n) is 3.77. The fourth-order valence-electron chi connectivity index (χ4n) is 2.50. The molecule has 3 aromatic heterocycles. The van der Waals surface area contributed by atoms with Gasteiger partial charge in [-0.2, -0.15) is 5.10 Å². The van der Waals surface area contributed by atoms with E-state index in [2.05, 4.69) is 20.4 Å². The summed E-state index contributed by atoms with van der Waals surface area (Å²) >= 11 is 1.43. The van der Waals surface area contributed by atoms with Crippen LogP contribution in [0.2, 0.25) is 0 Å². The van der Waals surface area contributed by atoms with E-state index in [4.69, 9.17) is 4.42 Å². The molecule has 0 fully saturated rings. The smallest absolute Gasteiger partial charge is 0.275 e. The van der Waals surface area contributed by atoms with Gasteiger partial charge in [-0.3, -0.25) is 4.79 Å². The molecule has 0 atom stereocenters. The average molecular weight is 365 g/mol. The van der Waals surface area contributed by atoms with Crippen molar-refractivity contribution >= 4 is 22.9 Å². The van der Waals surface area contributed by atoms with Crippen LogP contribution in [0, 0.1) is 6.92 Å². The van der Waals surface area contributed by atoms with Gasteiger partial charge in [0.25, 0.3) is 5.91 Å². The zero-order valence-electron chi connectivity index (χ0n) is 13.9. The van der Waals surface area contributed by atoms with Crippen molar-refractivity contribution in [2.24, 2.45) is 0 Å². The number of carbonyl (C=O) groups is 1. The topological polar surface area (TPSA) is 85.8 Å². The number of thiazole rings is 1. The summed E-state index contributed by atoms with van der Waals surface area (Å²) in [6, 6.07) is 11.2. The molecule has 0 unspecified atom stereocenters. The van der Waals surface area contributed by atoms with Gasteiger partial charge in [-0.1, -0.05) is 12.1 Å². The van der Waals surface area contributed by atoms with E-state index in [0.29, 0.717) is 28.7 Å². The lowest BCUT2D eigenvalue weighted by atomic mass is 10.2. The summed E-state index contributed by atoms with van der Waals surface area (Å²) in [4.78, 5) is 21.7. The van der Waals surface area contributed by atoms with Crippen molar-refractivity contribution in [2.75, 3.05) is 5.32 Å². The van der Waals surface area contributed by atoms with Gasteiger partial charge in [0.05, 0.1) is 12.8 Å². The van der Waals surface area contributed by atoms with Gasteiger partial charge < -0.3 is 9.73 Å². The predicted molar refractivity (Wildman–Crippen MR) is 98.1 cm³/mol. The van der Waals surface area contributed by atoms with Gasteiger partial charge in [0.1, 0.15) is 18.3 Å². The number of rotatable bonds is 5. The summed E-state index contributed by atoms with van der Waals surface area (Å²) < 4.78 is 7.09. The lowest BCUT2D eigenvalue weighted by molar-refractivity contribution is 0.102. The number of aromatic nitrogens is 4. The number of nitrogens with zero attached hydrogens (tertiary/aromatic N) is 4. The number of hydrogen-bond acceptors (Lipinski definition) is 6. The normalized spacial score (nSPS) is 10.8. The first kappa shape index (κ1) is 16.2. The summed E-state index contributed by atoms with van der Waals surface area (Å²) in [5, 5.41) is 7.65. The Bertz CT molecular complexity index is 1000. The predicted octanol–water partition coefficient (Wildman–Crippen LogP) is 3.60. The summed E-state index contributed by atoms with van der Waals surface area (Å²) in [6.07, 6.45) is 4.76. The summed E-state index contributed by atoms with van der Waals surface area (Å²) in [5.74, 6) is 0.426. The Morgan fingerprint density at radius 3 is 2.81 bits per heavy atom. The van der Waals surface area contributed by atoms with Crippen LogP contribution in [0.5, 0.6) is 0 Å². The molecule has 0 saturated carbocycles. The number of nitrogens with one attached hydrogen (secondary N) is 1. The minimum absolute atomic E-state index is 0.236. The third kappa shape index (κ3) is 3.40. The van der Waals surface area contributed by atoms with Gasteiger partial charge in [-0.15, -0.1) is 11.3 Å². The average Bonchev–Trinajstić information content (AvgIpc) is 3.37. The van der Waals surface area contributed by atoms with Crippen LogP contribution in [0.25, 0.3) is 10.8 Å². The maximum Gasteiger partial charge on any atom is 0.275 e. The molecule has 0 saturated heterocycles. The number of aryl methyl sites for hydroxylation is 1. The van der Waals surface area contributed by atoms with E-state index in [-0.39, 0.29) is 5.91 Å². The summed E-state index contributed by atoms with van der Waals surface area (Å²) in [6.45, 7) is 2.51. The van der Waals surface area contributed by atoms with Crippen LogP contribution >= 0.6 is 11.3 Å². The SMILES string of the molecule is Cc1sc(-c2ccco2)nc1C(=O)Nc1ccc(Cn2cncn2)cc1. The molecule has 0 radical (unpaired) electrons. The van der Waals surface area contributed by atoms with Crippen molar-refractivity contribution in [3.8, 4) is 10.8 Å². The van der Waals surface area contributed by atoms with E-state index >= 15 is 0 Å². The van der Waals surface area contributed by atoms with Gasteiger partial charge >= 0.3 is 0 Å². The number of anilines is 1. The number of carbonyl (C=O) groups excluding carboxylic acids is 1. The Kier molecular flexibility index (Phi) is 4.32. The Labute approximate surface area is 153 Å². The minimum Gasteiger partial charge on any atom is -0.462 e. The highest BCUT2D eigenvalue weighted by molar-refractivity contribution is 7.15. The molecule has 8 heteroatoms. The van der Waals surface area contributed by atoms with Gasteiger partial charge in [0.2, 0.25) is 0 Å².